The van der Waals surface area contributed by atoms with Crippen LogP contribution in [-0.4, -0.2) is 27.7 Å². The minimum absolute atomic E-state index is 0.147. The predicted octanol–water partition coefficient (Wildman–Crippen LogP) is 1.30. The van der Waals surface area contributed by atoms with Crippen molar-refractivity contribution in [1.82, 2.24) is 15.2 Å². The molecule has 0 bridgehead atoms. The van der Waals surface area contributed by atoms with Gasteiger partial charge in [0.2, 0.25) is 11.8 Å². The number of nitrogens with zero attached hydrogens (tertiary/aromatic N) is 2. The van der Waals surface area contributed by atoms with Gasteiger partial charge in [0.1, 0.15) is 5.92 Å². The number of aromatic nitrogens is 1. The molecule has 19 heavy (non-hydrogen) atoms. The van der Waals surface area contributed by atoms with E-state index < -0.39 is 23.8 Å². The van der Waals surface area contributed by atoms with Crippen molar-refractivity contribution >= 4 is 29.2 Å². The Morgan fingerprint density at radius 1 is 1.42 bits per heavy atom. The highest BCUT2D eigenvalue weighted by Gasteiger charge is 2.42. The summed E-state index contributed by atoms with van der Waals surface area (Å²) in [6, 6.07) is -0.655. The number of barbiturate groups is 1. The Labute approximate surface area is 114 Å². The summed E-state index contributed by atoms with van der Waals surface area (Å²) in [5.41, 5.74) is 0. The van der Waals surface area contributed by atoms with Gasteiger partial charge in [0, 0.05) is 11.1 Å². The van der Waals surface area contributed by atoms with Crippen LogP contribution in [0.3, 0.4) is 0 Å². The summed E-state index contributed by atoms with van der Waals surface area (Å²) in [6.45, 7) is 5.58. The van der Waals surface area contributed by atoms with E-state index in [2.05, 4.69) is 10.3 Å². The van der Waals surface area contributed by atoms with E-state index in [4.69, 9.17) is 0 Å². The predicted molar refractivity (Wildman–Crippen MR) is 69.3 cm³/mol. The first-order chi connectivity index (χ1) is 8.90. The quantitative estimate of drug-likeness (QED) is 0.847. The molecule has 0 spiro atoms. The van der Waals surface area contributed by atoms with Gasteiger partial charge in [-0.25, -0.2) is 9.78 Å². The van der Waals surface area contributed by atoms with Gasteiger partial charge < -0.3 is 0 Å². The van der Waals surface area contributed by atoms with Crippen molar-refractivity contribution in [2.75, 3.05) is 0 Å². The van der Waals surface area contributed by atoms with Crippen molar-refractivity contribution in [3.8, 4) is 0 Å². The van der Waals surface area contributed by atoms with Crippen molar-refractivity contribution in [3.63, 3.8) is 0 Å². The third-order valence-electron chi connectivity index (χ3n) is 2.94. The van der Waals surface area contributed by atoms with Crippen molar-refractivity contribution in [2.24, 2.45) is 11.8 Å². The first-order valence-corrected chi connectivity index (χ1v) is 6.79. The van der Waals surface area contributed by atoms with Crippen LogP contribution in [0.2, 0.25) is 0 Å². The van der Waals surface area contributed by atoms with Gasteiger partial charge in [-0.05, 0) is 12.8 Å². The highest BCUT2D eigenvalue weighted by Crippen LogP contribution is 2.22. The average Bonchev–Trinajstić information content (AvgIpc) is 2.69. The number of imide groups is 2. The van der Waals surface area contributed by atoms with Gasteiger partial charge >= 0.3 is 6.03 Å². The number of thiazole rings is 1. The molecule has 1 atom stereocenters. The second kappa shape index (κ2) is 5.08. The third kappa shape index (κ3) is 2.65. The zero-order valence-corrected chi connectivity index (χ0v) is 11.8. The summed E-state index contributed by atoms with van der Waals surface area (Å²) in [4.78, 5) is 41.6. The topological polar surface area (TPSA) is 79.4 Å². The average molecular weight is 281 g/mol. The Morgan fingerprint density at radius 3 is 2.63 bits per heavy atom. The minimum Gasteiger partial charge on any atom is -0.277 e. The van der Waals surface area contributed by atoms with Crippen LogP contribution < -0.4 is 5.32 Å². The zero-order valence-electron chi connectivity index (χ0n) is 11.0. The van der Waals surface area contributed by atoms with E-state index in [1.165, 1.54) is 11.3 Å². The number of hydrogen-bond donors (Lipinski definition) is 1. The molecular weight excluding hydrogens is 266 g/mol. The lowest BCUT2D eigenvalue weighted by molar-refractivity contribution is -0.144. The Bertz CT molecular complexity index is 538. The molecule has 1 fully saturated rings. The standard InChI is InChI=1S/C12H15N3O3S/c1-6(2)9-10(16)14-12(18)15(11(9)17)5-8-4-13-7(3)19-8/h4,6,9H,5H2,1-3H3,(H,14,16,18). The molecule has 1 saturated heterocycles. The largest absolute Gasteiger partial charge is 0.331 e. The number of aryl methyl sites for hydroxylation is 1. The molecule has 1 aliphatic rings. The van der Waals surface area contributed by atoms with E-state index in [9.17, 15) is 14.4 Å². The number of urea groups is 1. The molecule has 2 heterocycles. The minimum atomic E-state index is -0.799. The van der Waals surface area contributed by atoms with Crippen molar-refractivity contribution in [1.29, 1.82) is 0 Å². The van der Waals surface area contributed by atoms with Crippen molar-refractivity contribution < 1.29 is 14.4 Å². The second-order valence-corrected chi connectivity index (χ2v) is 6.11. The van der Waals surface area contributed by atoms with Crippen molar-refractivity contribution in [3.05, 3.63) is 16.1 Å². The SMILES string of the molecule is Cc1ncc(CN2C(=O)NC(=O)C(C(C)C)C2=O)s1. The van der Waals surface area contributed by atoms with Gasteiger partial charge in [-0.2, -0.15) is 0 Å². The highest BCUT2D eigenvalue weighted by molar-refractivity contribution is 7.11. The number of carbonyl (C=O) groups excluding carboxylic acids is 3. The fourth-order valence-corrected chi connectivity index (χ4v) is 2.79. The second-order valence-electron chi connectivity index (χ2n) is 4.79. The van der Waals surface area contributed by atoms with Crippen LogP contribution in [0.5, 0.6) is 0 Å². The number of nitrogens with one attached hydrogen (secondary N) is 1. The monoisotopic (exact) mass is 281 g/mol. The smallest absolute Gasteiger partial charge is 0.277 e. The molecule has 4 amide bonds. The van der Waals surface area contributed by atoms with Crippen LogP contribution in [0.4, 0.5) is 4.79 Å². The lowest BCUT2D eigenvalue weighted by Crippen LogP contribution is -2.58. The normalized spacial score (nSPS) is 20.1. The number of amides is 4. The summed E-state index contributed by atoms with van der Waals surface area (Å²) in [6.07, 6.45) is 1.64. The van der Waals surface area contributed by atoms with Crippen LogP contribution in [0, 0.1) is 18.8 Å². The Morgan fingerprint density at radius 2 is 2.11 bits per heavy atom. The maximum absolute atomic E-state index is 12.2. The van der Waals surface area contributed by atoms with E-state index in [0.717, 1.165) is 14.8 Å². The van der Waals surface area contributed by atoms with E-state index in [1.807, 2.05) is 6.92 Å². The number of rotatable bonds is 3. The molecule has 1 aromatic rings. The molecule has 1 aromatic heterocycles. The van der Waals surface area contributed by atoms with E-state index in [-0.39, 0.29) is 12.5 Å². The maximum Gasteiger partial charge on any atom is 0.331 e. The van der Waals surface area contributed by atoms with Gasteiger partial charge in [-0.15, -0.1) is 11.3 Å². The summed E-state index contributed by atoms with van der Waals surface area (Å²) in [5, 5.41) is 3.10. The van der Waals surface area contributed by atoms with E-state index in [0.29, 0.717) is 0 Å². The molecule has 0 radical (unpaired) electrons. The molecule has 102 valence electrons. The van der Waals surface area contributed by atoms with Gasteiger partial charge in [0.25, 0.3) is 0 Å². The molecule has 0 aliphatic carbocycles. The first kappa shape index (κ1) is 13.7. The van der Waals surface area contributed by atoms with Gasteiger partial charge in [-0.1, -0.05) is 13.8 Å². The Kier molecular flexibility index (Phi) is 3.66. The highest BCUT2D eigenvalue weighted by atomic mass is 32.1. The van der Waals surface area contributed by atoms with Gasteiger partial charge in [-0.3, -0.25) is 19.8 Å². The molecule has 2 rings (SSSR count). The molecule has 7 heteroatoms. The Hall–Kier alpha value is -1.76. The molecule has 1 unspecified atom stereocenters. The van der Waals surface area contributed by atoms with Crippen molar-refractivity contribution in [2.45, 2.75) is 27.3 Å². The van der Waals surface area contributed by atoms with Crippen LogP contribution in [0.1, 0.15) is 23.7 Å². The lowest BCUT2D eigenvalue weighted by Gasteiger charge is -2.31. The summed E-state index contributed by atoms with van der Waals surface area (Å²) >= 11 is 1.43. The van der Waals surface area contributed by atoms with Crippen LogP contribution in [0.25, 0.3) is 0 Å². The molecule has 0 aromatic carbocycles. The summed E-state index contributed by atoms with van der Waals surface area (Å²) < 4.78 is 0. The van der Waals surface area contributed by atoms with Gasteiger partial charge in [0.15, 0.2) is 0 Å². The van der Waals surface area contributed by atoms with Crippen LogP contribution in [0.15, 0.2) is 6.20 Å². The van der Waals surface area contributed by atoms with E-state index in [1.54, 1.807) is 20.0 Å². The molecule has 1 aliphatic heterocycles. The van der Waals surface area contributed by atoms with Crippen LogP contribution >= 0.6 is 11.3 Å². The van der Waals surface area contributed by atoms with Crippen LogP contribution in [-0.2, 0) is 16.1 Å². The third-order valence-corrected chi connectivity index (χ3v) is 3.84. The number of hydrogen-bond acceptors (Lipinski definition) is 5. The molecule has 0 saturated carbocycles. The van der Waals surface area contributed by atoms with Gasteiger partial charge in [0.05, 0.1) is 11.6 Å². The van der Waals surface area contributed by atoms with E-state index >= 15 is 0 Å². The Balaban J connectivity index is 2.21. The lowest BCUT2D eigenvalue weighted by atomic mass is 9.92. The first-order valence-electron chi connectivity index (χ1n) is 5.97. The fourth-order valence-electron chi connectivity index (χ4n) is 2.00. The number of carbonyl (C=O) groups is 3. The zero-order chi connectivity index (χ0) is 14.2. The molecule has 1 N–H and O–H groups in total. The molecular formula is C12H15N3O3S. The molecule has 6 nitrogen and oxygen atoms in total. The fraction of sp³-hybridized carbons (Fsp3) is 0.500. The summed E-state index contributed by atoms with van der Waals surface area (Å²) in [7, 11) is 0. The maximum atomic E-state index is 12.2. The summed E-state index contributed by atoms with van der Waals surface area (Å²) in [5.74, 6) is -1.89.